The van der Waals surface area contributed by atoms with E-state index in [1.165, 1.54) is 11.1 Å². The summed E-state index contributed by atoms with van der Waals surface area (Å²) in [6.07, 6.45) is 2.27. The van der Waals surface area contributed by atoms with Crippen LogP contribution in [0.1, 0.15) is 29.0 Å². The second kappa shape index (κ2) is 5.80. The van der Waals surface area contributed by atoms with Crippen molar-refractivity contribution in [3.8, 4) is 5.69 Å². The summed E-state index contributed by atoms with van der Waals surface area (Å²) in [5.74, 6) is 0.740. The first-order valence-electron chi connectivity index (χ1n) is 7.83. The van der Waals surface area contributed by atoms with E-state index in [1.54, 1.807) is 4.68 Å². The van der Waals surface area contributed by atoms with Gasteiger partial charge < -0.3 is 5.32 Å². The van der Waals surface area contributed by atoms with Gasteiger partial charge in [-0.05, 0) is 36.2 Å². The fraction of sp³-hybridized carbons (Fsp3) is 0.158. The monoisotopic (exact) mass is 337 g/mol. The minimum Gasteiger partial charge on any atom is -0.310 e. The Morgan fingerprint density at radius 3 is 2.79 bits per heavy atom. The van der Waals surface area contributed by atoms with Crippen molar-refractivity contribution in [3.63, 3.8) is 0 Å². The maximum atomic E-state index is 12.3. The number of amides is 1. The third-order valence-electron chi connectivity index (χ3n) is 4.44. The Bertz CT molecular complexity index is 932. The van der Waals surface area contributed by atoms with Crippen LogP contribution in [0.15, 0.2) is 54.7 Å². The van der Waals surface area contributed by atoms with Gasteiger partial charge >= 0.3 is 0 Å². The average molecular weight is 338 g/mol. The number of carbonyl (C=O) groups excluding carboxylic acids is 1. The molecule has 1 N–H and O–H groups in total. The number of nitrogens with zero attached hydrogens (tertiary/aromatic N) is 2. The molecule has 0 aliphatic carbocycles. The fourth-order valence-electron chi connectivity index (χ4n) is 3.28. The number of hydrogen-bond acceptors (Lipinski definition) is 2. The lowest BCUT2D eigenvalue weighted by atomic mass is 9.85. The predicted molar refractivity (Wildman–Crippen MR) is 94.8 cm³/mol. The lowest BCUT2D eigenvalue weighted by molar-refractivity contribution is -0.116. The van der Waals surface area contributed by atoms with Gasteiger partial charge in [-0.15, -0.1) is 0 Å². The number of halogens is 1. The molecular weight excluding hydrogens is 322 g/mol. The zero-order valence-corrected chi connectivity index (χ0v) is 13.9. The molecule has 1 aromatic heterocycles. The lowest BCUT2D eigenvalue weighted by Gasteiger charge is -2.25. The average Bonchev–Trinajstić information content (AvgIpc) is 2.98. The second-order valence-corrected chi connectivity index (χ2v) is 6.44. The molecule has 0 bridgehead atoms. The number of anilines is 1. The summed E-state index contributed by atoms with van der Waals surface area (Å²) in [6.45, 7) is 2.07. The number of nitrogens with one attached hydrogen (secondary N) is 1. The lowest BCUT2D eigenvalue weighted by Crippen LogP contribution is -2.25. The van der Waals surface area contributed by atoms with Gasteiger partial charge in [0.1, 0.15) is 5.82 Å². The van der Waals surface area contributed by atoms with E-state index in [2.05, 4.69) is 29.5 Å². The number of benzene rings is 2. The van der Waals surface area contributed by atoms with Crippen molar-refractivity contribution in [3.05, 3.63) is 76.4 Å². The Kier molecular flexibility index (Phi) is 3.62. The molecule has 24 heavy (non-hydrogen) atoms. The van der Waals surface area contributed by atoms with Crippen LogP contribution in [0.5, 0.6) is 0 Å². The van der Waals surface area contributed by atoms with Gasteiger partial charge in [-0.25, -0.2) is 4.68 Å². The molecule has 1 aliphatic rings. The molecule has 2 heterocycles. The van der Waals surface area contributed by atoms with Crippen LogP contribution in [-0.2, 0) is 4.79 Å². The van der Waals surface area contributed by atoms with Crippen molar-refractivity contribution in [1.82, 2.24) is 9.78 Å². The predicted octanol–water partition coefficient (Wildman–Crippen LogP) is 4.31. The van der Waals surface area contributed by atoms with Gasteiger partial charge in [0.05, 0.1) is 11.9 Å². The Labute approximate surface area is 145 Å². The summed E-state index contributed by atoms with van der Waals surface area (Å²) in [5, 5.41) is 8.09. The van der Waals surface area contributed by atoms with Gasteiger partial charge in [-0.2, -0.15) is 5.10 Å². The Balaban J connectivity index is 1.85. The quantitative estimate of drug-likeness (QED) is 0.757. The van der Waals surface area contributed by atoms with Gasteiger partial charge in [0, 0.05) is 22.9 Å². The largest absolute Gasteiger partial charge is 0.310 e. The summed E-state index contributed by atoms with van der Waals surface area (Å²) in [5.41, 5.74) is 4.20. The molecule has 3 aromatic rings. The molecule has 0 saturated heterocycles. The highest BCUT2D eigenvalue weighted by atomic mass is 35.5. The van der Waals surface area contributed by atoms with E-state index < -0.39 is 0 Å². The Morgan fingerprint density at radius 1 is 1.17 bits per heavy atom. The summed E-state index contributed by atoms with van der Waals surface area (Å²) in [6, 6.07) is 15.6. The number of hydrogen-bond donors (Lipinski definition) is 1. The molecule has 4 nitrogen and oxygen atoms in total. The number of carbonyl (C=O) groups is 1. The molecule has 2 aromatic carbocycles. The first-order valence-corrected chi connectivity index (χ1v) is 8.20. The fourth-order valence-corrected chi connectivity index (χ4v) is 3.46. The second-order valence-electron chi connectivity index (χ2n) is 6.00. The first-order chi connectivity index (χ1) is 11.6. The zero-order valence-electron chi connectivity index (χ0n) is 13.2. The number of rotatable bonds is 2. The molecule has 5 heteroatoms. The van der Waals surface area contributed by atoms with Gasteiger partial charge in [0.15, 0.2) is 0 Å². The minimum atomic E-state index is -0.000434. The van der Waals surface area contributed by atoms with Crippen LogP contribution >= 0.6 is 11.6 Å². The maximum Gasteiger partial charge on any atom is 0.226 e. The van der Waals surface area contributed by atoms with E-state index in [9.17, 15) is 4.79 Å². The molecule has 4 rings (SSSR count). The summed E-state index contributed by atoms with van der Waals surface area (Å²) in [4.78, 5) is 12.3. The van der Waals surface area contributed by atoms with Crippen LogP contribution in [0.2, 0.25) is 5.02 Å². The summed E-state index contributed by atoms with van der Waals surface area (Å²) < 4.78 is 1.74. The first kappa shape index (κ1) is 15.0. The van der Waals surface area contributed by atoms with Crippen LogP contribution in [0.4, 0.5) is 5.82 Å². The van der Waals surface area contributed by atoms with Gasteiger partial charge in [0.2, 0.25) is 5.91 Å². The van der Waals surface area contributed by atoms with Crippen LogP contribution in [-0.4, -0.2) is 15.7 Å². The van der Waals surface area contributed by atoms with Crippen LogP contribution in [0, 0.1) is 6.92 Å². The molecule has 0 spiro atoms. The van der Waals surface area contributed by atoms with E-state index in [4.69, 9.17) is 11.6 Å². The van der Waals surface area contributed by atoms with E-state index in [1.807, 2.05) is 42.6 Å². The molecule has 1 atom stereocenters. The van der Waals surface area contributed by atoms with E-state index >= 15 is 0 Å². The van der Waals surface area contributed by atoms with Crippen LogP contribution in [0.25, 0.3) is 5.69 Å². The van der Waals surface area contributed by atoms with E-state index in [-0.39, 0.29) is 11.8 Å². The summed E-state index contributed by atoms with van der Waals surface area (Å²) >= 11 is 6.09. The highest BCUT2D eigenvalue weighted by Crippen LogP contribution is 2.39. The number of aryl methyl sites for hydroxylation is 1. The van der Waals surface area contributed by atoms with Crippen molar-refractivity contribution in [2.45, 2.75) is 19.3 Å². The number of fused-ring (bicyclic) bond motifs is 1. The molecule has 0 fully saturated rings. The van der Waals surface area contributed by atoms with Crippen LogP contribution < -0.4 is 5.32 Å². The van der Waals surface area contributed by atoms with E-state index in [0.29, 0.717) is 11.4 Å². The topological polar surface area (TPSA) is 46.9 Å². The van der Waals surface area contributed by atoms with E-state index in [0.717, 1.165) is 17.1 Å². The minimum absolute atomic E-state index is 0.000434. The van der Waals surface area contributed by atoms with Crippen molar-refractivity contribution in [1.29, 1.82) is 0 Å². The zero-order chi connectivity index (χ0) is 16.7. The van der Waals surface area contributed by atoms with Crippen LogP contribution in [0.3, 0.4) is 0 Å². The SMILES string of the molecule is Cc1ccccc1C1CC(=O)Nc2c1cnn2-c1cccc(Cl)c1. The molecule has 0 radical (unpaired) electrons. The van der Waals surface area contributed by atoms with Gasteiger partial charge in [-0.3, -0.25) is 4.79 Å². The molecule has 1 unspecified atom stereocenters. The van der Waals surface area contributed by atoms with Crippen molar-refractivity contribution < 1.29 is 4.79 Å². The normalized spacial score (nSPS) is 16.6. The van der Waals surface area contributed by atoms with Crippen molar-refractivity contribution in [2.75, 3.05) is 5.32 Å². The molecule has 0 saturated carbocycles. The smallest absolute Gasteiger partial charge is 0.226 e. The molecular formula is C19H16ClN3O. The Morgan fingerprint density at radius 2 is 2.00 bits per heavy atom. The third-order valence-corrected chi connectivity index (χ3v) is 4.67. The van der Waals surface area contributed by atoms with Gasteiger partial charge in [0.25, 0.3) is 0 Å². The standard InChI is InChI=1S/C19H16ClN3O/c1-12-5-2-3-8-15(12)16-10-18(24)22-19-17(16)11-21-23(19)14-7-4-6-13(20)9-14/h2-9,11,16H,10H2,1H3,(H,22,24). The maximum absolute atomic E-state index is 12.3. The summed E-state index contributed by atoms with van der Waals surface area (Å²) in [7, 11) is 0. The van der Waals surface area contributed by atoms with Gasteiger partial charge in [-0.1, -0.05) is 41.9 Å². The highest BCUT2D eigenvalue weighted by molar-refractivity contribution is 6.30. The van der Waals surface area contributed by atoms with Crippen molar-refractivity contribution >= 4 is 23.3 Å². The molecule has 1 amide bonds. The molecule has 1 aliphatic heterocycles. The Hall–Kier alpha value is -2.59. The molecule has 120 valence electrons. The van der Waals surface area contributed by atoms with Crippen molar-refractivity contribution in [2.24, 2.45) is 0 Å². The number of aromatic nitrogens is 2. The third kappa shape index (κ3) is 2.49. The highest BCUT2D eigenvalue weighted by Gasteiger charge is 2.31.